The van der Waals surface area contributed by atoms with Gasteiger partial charge in [0.2, 0.25) is 5.91 Å². The van der Waals surface area contributed by atoms with Crippen molar-refractivity contribution in [3.63, 3.8) is 0 Å². The number of nitro groups is 1. The molecule has 0 radical (unpaired) electrons. The molecule has 2 rings (SSSR count). The molecule has 26 heavy (non-hydrogen) atoms. The van der Waals surface area contributed by atoms with Crippen molar-refractivity contribution in [3.05, 3.63) is 33.9 Å². The number of benzene rings is 1. The summed E-state index contributed by atoms with van der Waals surface area (Å²) in [5.74, 6) is -0.273. The van der Waals surface area contributed by atoms with Crippen LogP contribution in [0.2, 0.25) is 0 Å². The number of rotatable bonds is 6. The van der Waals surface area contributed by atoms with Crippen LogP contribution in [0.5, 0.6) is 0 Å². The van der Waals surface area contributed by atoms with Gasteiger partial charge < -0.3 is 9.80 Å². The molecule has 0 aromatic heterocycles. The van der Waals surface area contributed by atoms with E-state index in [1.165, 1.54) is 17.8 Å². The van der Waals surface area contributed by atoms with Crippen molar-refractivity contribution in [1.29, 1.82) is 0 Å². The maximum absolute atomic E-state index is 12.8. The predicted octanol–water partition coefficient (Wildman–Crippen LogP) is 3.04. The molecule has 0 bridgehead atoms. The molecule has 0 saturated carbocycles. The van der Waals surface area contributed by atoms with Crippen molar-refractivity contribution in [1.82, 2.24) is 9.80 Å². The van der Waals surface area contributed by atoms with Gasteiger partial charge in [-0.25, -0.2) is 0 Å². The second kappa shape index (κ2) is 9.02. The van der Waals surface area contributed by atoms with Crippen molar-refractivity contribution in [2.75, 3.05) is 32.4 Å². The molecule has 1 aliphatic heterocycles. The van der Waals surface area contributed by atoms with Gasteiger partial charge >= 0.3 is 0 Å². The molecule has 0 N–H and O–H groups in total. The average Bonchev–Trinajstić information content (AvgIpc) is 2.67. The van der Waals surface area contributed by atoms with Gasteiger partial charge in [-0.15, -0.1) is 11.8 Å². The van der Waals surface area contributed by atoms with E-state index in [1.807, 2.05) is 25.0 Å². The Morgan fingerprint density at radius 2 is 1.88 bits per heavy atom. The molecule has 0 aliphatic carbocycles. The minimum absolute atomic E-state index is 0.0773. The normalized spacial score (nSPS) is 15.0. The van der Waals surface area contributed by atoms with E-state index in [9.17, 15) is 19.7 Å². The highest BCUT2D eigenvalue weighted by molar-refractivity contribution is 7.98. The predicted molar refractivity (Wildman–Crippen MR) is 101 cm³/mol. The molecule has 1 aliphatic rings. The number of amides is 2. The second-order valence-corrected chi connectivity index (χ2v) is 7.10. The largest absolute Gasteiger partial charge is 0.343 e. The minimum Gasteiger partial charge on any atom is -0.343 e. The molecule has 2 amide bonds. The number of hydrogen-bond acceptors (Lipinski definition) is 5. The van der Waals surface area contributed by atoms with Crippen molar-refractivity contribution in [2.24, 2.45) is 5.92 Å². The van der Waals surface area contributed by atoms with Gasteiger partial charge in [0, 0.05) is 43.1 Å². The summed E-state index contributed by atoms with van der Waals surface area (Å²) in [6, 6.07) is 4.61. The van der Waals surface area contributed by atoms with Gasteiger partial charge in [-0.3, -0.25) is 19.7 Å². The van der Waals surface area contributed by atoms with E-state index in [4.69, 9.17) is 0 Å². The van der Waals surface area contributed by atoms with Gasteiger partial charge in [-0.2, -0.15) is 0 Å². The number of nitro benzene ring substituents is 1. The number of likely N-dealkylation sites (tertiary alicyclic amines) is 1. The highest BCUT2D eigenvalue weighted by atomic mass is 32.2. The van der Waals surface area contributed by atoms with Gasteiger partial charge in [0.05, 0.1) is 4.92 Å². The fourth-order valence-corrected chi connectivity index (χ4v) is 3.71. The molecule has 0 spiro atoms. The second-order valence-electron chi connectivity index (χ2n) is 6.22. The first-order valence-corrected chi connectivity index (χ1v) is 10.1. The summed E-state index contributed by atoms with van der Waals surface area (Å²) in [5, 5.41) is 11.3. The van der Waals surface area contributed by atoms with Gasteiger partial charge in [0.15, 0.2) is 0 Å². The van der Waals surface area contributed by atoms with E-state index in [1.54, 1.807) is 17.0 Å². The third-order valence-corrected chi connectivity index (χ3v) is 5.56. The third-order valence-electron chi connectivity index (χ3n) is 4.84. The Kier molecular flexibility index (Phi) is 7.02. The van der Waals surface area contributed by atoms with E-state index in [0.717, 1.165) is 4.90 Å². The Morgan fingerprint density at radius 3 is 2.38 bits per heavy atom. The summed E-state index contributed by atoms with van der Waals surface area (Å²) >= 11 is 1.44. The average molecular weight is 379 g/mol. The number of carbonyl (C=O) groups excluding carboxylic acids is 2. The molecule has 0 atom stereocenters. The molecule has 0 unspecified atom stereocenters. The van der Waals surface area contributed by atoms with Crippen LogP contribution in [0.25, 0.3) is 0 Å². The zero-order valence-electron chi connectivity index (χ0n) is 15.4. The zero-order chi connectivity index (χ0) is 19.3. The number of thioether (sulfide) groups is 1. The summed E-state index contributed by atoms with van der Waals surface area (Å²) in [6.07, 6.45) is 3.05. The summed E-state index contributed by atoms with van der Waals surface area (Å²) in [6.45, 7) is 6.16. The fourth-order valence-electron chi connectivity index (χ4n) is 3.27. The van der Waals surface area contributed by atoms with Gasteiger partial charge in [0.25, 0.3) is 11.6 Å². The summed E-state index contributed by atoms with van der Waals surface area (Å²) in [5.41, 5.74) is -0.0514. The molecule has 1 saturated heterocycles. The van der Waals surface area contributed by atoms with E-state index >= 15 is 0 Å². The van der Waals surface area contributed by atoms with E-state index in [-0.39, 0.29) is 29.0 Å². The summed E-state index contributed by atoms with van der Waals surface area (Å²) in [4.78, 5) is 40.3. The first-order chi connectivity index (χ1) is 12.4. The highest BCUT2D eigenvalue weighted by Gasteiger charge is 2.32. The lowest BCUT2D eigenvalue weighted by Gasteiger charge is -2.33. The Balaban J connectivity index is 2.11. The smallest absolute Gasteiger partial charge is 0.282 e. The molecule has 142 valence electrons. The number of piperidine rings is 1. The Bertz CT molecular complexity index is 683. The lowest BCUT2D eigenvalue weighted by molar-refractivity contribution is -0.385. The van der Waals surface area contributed by atoms with E-state index in [0.29, 0.717) is 39.0 Å². The summed E-state index contributed by atoms with van der Waals surface area (Å²) < 4.78 is 0. The molecule has 1 aromatic rings. The first kappa shape index (κ1) is 20.2. The van der Waals surface area contributed by atoms with Crippen LogP contribution in [-0.2, 0) is 4.79 Å². The van der Waals surface area contributed by atoms with Crippen LogP contribution in [0.4, 0.5) is 5.69 Å². The quantitative estimate of drug-likeness (QED) is 0.431. The third kappa shape index (κ3) is 4.35. The van der Waals surface area contributed by atoms with E-state index < -0.39 is 4.92 Å². The lowest BCUT2D eigenvalue weighted by atomic mass is 9.94. The number of carbonyl (C=O) groups is 2. The van der Waals surface area contributed by atoms with Crippen molar-refractivity contribution in [3.8, 4) is 0 Å². The first-order valence-electron chi connectivity index (χ1n) is 8.83. The SMILES string of the molecule is CCN(CC)C(=O)C1CCN(C(=O)c2cc(SC)ccc2[N+](=O)[O-])CC1. The van der Waals surface area contributed by atoms with Crippen LogP contribution in [0.3, 0.4) is 0 Å². The van der Waals surface area contributed by atoms with Crippen molar-refractivity contribution in [2.45, 2.75) is 31.6 Å². The van der Waals surface area contributed by atoms with Crippen molar-refractivity contribution >= 4 is 29.3 Å². The van der Waals surface area contributed by atoms with Crippen LogP contribution in [0, 0.1) is 16.0 Å². The van der Waals surface area contributed by atoms with E-state index in [2.05, 4.69) is 0 Å². The Labute approximate surface area is 157 Å². The van der Waals surface area contributed by atoms with Crippen molar-refractivity contribution < 1.29 is 14.5 Å². The lowest BCUT2D eigenvalue weighted by Crippen LogP contribution is -2.44. The van der Waals surface area contributed by atoms with Crippen LogP contribution in [0.15, 0.2) is 23.1 Å². The van der Waals surface area contributed by atoms with Crippen LogP contribution < -0.4 is 0 Å². The molecular weight excluding hydrogens is 354 g/mol. The Morgan fingerprint density at radius 1 is 1.27 bits per heavy atom. The molecule has 1 aromatic carbocycles. The number of hydrogen-bond donors (Lipinski definition) is 0. The highest BCUT2D eigenvalue weighted by Crippen LogP contribution is 2.28. The van der Waals surface area contributed by atoms with Crippen LogP contribution >= 0.6 is 11.8 Å². The van der Waals surface area contributed by atoms with Gasteiger partial charge in [-0.1, -0.05) is 0 Å². The van der Waals surface area contributed by atoms with Crippen LogP contribution in [0.1, 0.15) is 37.0 Å². The van der Waals surface area contributed by atoms with Gasteiger partial charge in [-0.05, 0) is 45.1 Å². The molecule has 8 heteroatoms. The zero-order valence-corrected chi connectivity index (χ0v) is 16.3. The molecule has 7 nitrogen and oxygen atoms in total. The number of nitrogens with zero attached hydrogens (tertiary/aromatic N) is 3. The summed E-state index contributed by atoms with van der Waals surface area (Å²) in [7, 11) is 0. The molecule has 1 heterocycles. The van der Waals surface area contributed by atoms with Gasteiger partial charge in [0.1, 0.15) is 5.56 Å². The monoisotopic (exact) mass is 379 g/mol. The van der Waals surface area contributed by atoms with Crippen LogP contribution in [-0.4, -0.2) is 59.0 Å². The minimum atomic E-state index is -0.520. The maximum Gasteiger partial charge on any atom is 0.282 e. The fraction of sp³-hybridized carbons (Fsp3) is 0.556. The Hall–Kier alpha value is -2.09. The molecular formula is C18H25N3O4S. The molecule has 1 fully saturated rings. The maximum atomic E-state index is 12.8. The standard InChI is InChI=1S/C18H25N3O4S/c1-4-19(5-2)17(22)13-8-10-20(11-9-13)18(23)15-12-14(26-3)6-7-16(15)21(24)25/h6-7,12-13H,4-5,8-11H2,1-3H3. The topological polar surface area (TPSA) is 83.8 Å².